The topological polar surface area (TPSA) is 57.0 Å². The third-order valence-electron chi connectivity index (χ3n) is 4.22. The molecular weight excluding hydrogens is 370 g/mol. The minimum Gasteiger partial charge on any atom is -0.494 e. The molecule has 0 N–H and O–H groups in total. The second kappa shape index (κ2) is 10.1. The van der Waals surface area contributed by atoms with Crippen molar-refractivity contribution in [2.75, 3.05) is 12.4 Å². The van der Waals surface area contributed by atoms with Crippen molar-refractivity contribution in [3.63, 3.8) is 0 Å². The summed E-state index contributed by atoms with van der Waals surface area (Å²) in [6.45, 7) is 4.25. The number of thioether (sulfide) groups is 1. The summed E-state index contributed by atoms with van der Waals surface area (Å²) in [5.74, 6) is 2.79. The van der Waals surface area contributed by atoms with E-state index in [1.165, 1.54) is 5.56 Å². The third-order valence-corrected chi connectivity index (χ3v) is 5.23. The predicted octanol–water partition coefficient (Wildman–Crippen LogP) is 4.72. The van der Waals surface area contributed by atoms with Gasteiger partial charge >= 0.3 is 0 Å². The van der Waals surface area contributed by atoms with Gasteiger partial charge in [0.05, 0.1) is 6.61 Å². The maximum Gasteiger partial charge on any atom is 0.195 e. The first-order valence-corrected chi connectivity index (χ1v) is 10.5. The first-order chi connectivity index (χ1) is 13.7. The zero-order chi connectivity index (χ0) is 19.8. The molecule has 0 unspecified atom stereocenters. The van der Waals surface area contributed by atoms with E-state index >= 15 is 0 Å². The van der Waals surface area contributed by atoms with E-state index in [1.807, 2.05) is 49.4 Å². The van der Waals surface area contributed by atoms with Gasteiger partial charge in [0.1, 0.15) is 17.4 Å². The highest BCUT2D eigenvalue weighted by Gasteiger charge is 2.15. The van der Waals surface area contributed by atoms with Gasteiger partial charge in [0.2, 0.25) is 0 Å². The Morgan fingerprint density at radius 2 is 1.82 bits per heavy atom. The molecule has 0 saturated carbocycles. The molecule has 0 atom stereocenters. The highest BCUT2D eigenvalue weighted by atomic mass is 32.2. The van der Waals surface area contributed by atoms with Crippen molar-refractivity contribution in [3.05, 3.63) is 66.0 Å². The Morgan fingerprint density at radius 1 is 1.07 bits per heavy atom. The van der Waals surface area contributed by atoms with E-state index < -0.39 is 0 Å². The van der Waals surface area contributed by atoms with Crippen LogP contribution in [0.3, 0.4) is 0 Å². The standard InChI is InChI=1S/C22H25N3O2S/c1-3-27-20-13-11-19(12-14-20)25-21(16-18-9-5-4-6-10-18)23-24-22(25)28-15-7-8-17(2)26/h4-6,9-14H,3,7-8,15-16H2,1-2H3. The van der Waals surface area contributed by atoms with Crippen LogP contribution in [0.15, 0.2) is 59.8 Å². The molecule has 6 heteroatoms. The smallest absolute Gasteiger partial charge is 0.195 e. The Bertz CT molecular complexity index is 892. The molecule has 0 bridgehead atoms. The van der Waals surface area contributed by atoms with Gasteiger partial charge in [-0.1, -0.05) is 42.1 Å². The van der Waals surface area contributed by atoms with Gasteiger partial charge in [-0.15, -0.1) is 10.2 Å². The van der Waals surface area contributed by atoms with Crippen molar-refractivity contribution in [1.29, 1.82) is 0 Å². The fourth-order valence-corrected chi connectivity index (χ4v) is 3.80. The van der Waals surface area contributed by atoms with E-state index in [0.29, 0.717) is 19.4 Å². The molecule has 0 aliphatic carbocycles. The summed E-state index contributed by atoms with van der Waals surface area (Å²) in [4.78, 5) is 11.2. The van der Waals surface area contributed by atoms with Crippen LogP contribution in [-0.2, 0) is 11.2 Å². The van der Waals surface area contributed by atoms with Gasteiger partial charge in [0, 0.05) is 24.3 Å². The van der Waals surface area contributed by atoms with Crippen molar-refractivity contribution in [2.45, 2.75) is 38.3 Å². The number of hydrogen-bond donors (Lipinski definition) is 0. The Hall–Kier alpha value is -2.60. The quantitative estimate of drug-likeness (QED) is 0.367. The number of benzene rings is 2. The maximum absolute atomic E-state index is 11.2. The molecule has 0 saturated heterocycles. The lowest BCUT2D eigenvalue weighted by atomic mass is 10.1. The van der Waals surface area contributed by atoms with E-state index in [2.05, 4.69) is 26.9 Å². The number of nitrogens with zero attached hydrogens (tertiary/aromatic N) is 3. The van der Waals surface area contributed by atoms with Gasteiger partial charge in [-0.05, 0) is 50.1 Å². The summed E-state index contributed by atoms with van der Waals surface area (Å²) >= 11 is 1.64. The number of ketones is 1. The Labute approximate surface area is 170 Å². The number of ether oxygens (including phenoxy) is 1. The Kier molecular flexibility index (Phi) is 7.25. The van der Waals surface area contributed by atoms with Crippen LogP contribution in [0.5, 0.6) is 5.75 Å². The van der Waals surface area contributed by atoms with Crippen molar-refractivity contribution in [1.82, 2.24) is 14.8 Å². The van der Waals surface area contributed by atoms with Crippen LogP contribution in [0.4, 0.5) is 0 Å². The lowest BCUT2D eigenvalue weighted by Crippen LogP contribution is -2.04. The van der Waals surface area contributed by atoms with Gasteiger partial charge in [-0.25, -0.2) is 0 Å². The summed E-state index contributed by atoms with van der Waals surface area (Å²) < 4.78 is 7.66. The zero-order valence-electron chi connectivity index (χ0n) is 16.3. The molecule has 1 aromatic heterocycles. The number of aromatic nitrogens is 3. The number of Topliss-reactive ketones (excluding diaryl/α,β-unsaturated/α-hetero) is 1. The van der Waals surface area contributed by atoms with Crippen LogP contribution in [0.1, 0.15) is 38.1 Å². The predicted molar refractivity (Wildman–Crippen MR) is 112 cm³/mol. The molecule has 5 nitrogen and oxygen atoms in total. The van der Waals surface area contributed by atoms with Gasteiger partial charge in [-0.3, -0.25) is 4.57 Å². The number of rotatable bonds is 10. The van der Waals surface area contributed by atoms with E-state index in [4.69, 9.17) is 4.74 Å². The average Bonchev–Trinajstić information content (AvgIpc) is 3.09. The molecule has 1 heterocycles. The van der Waals surface area contributed by atoms with Crippen LogP contribution in [0, 0.1) is 0 Å². The highest BCUT2D eigenvalue weighted by molar-refractivity contribution is 7.99. The molecule has 3 rings (SSSR count). The second-order valence-electron chi connectivity index (χ2n) is 6.48. The molecule has 0 aliphatic rings. The van der Waals surface area contributed by atoms with Crippen molar-refractivity contribution in [2.24, 2.45) is 0 Å². The summed E-state index contributed by atoms with van der Waals surface area (Å²) in [5.41, 5.74) is 2.20. The summed E-state index contributed by atoms with van der Waals surface area (Å²) in [5, 5.41) is 9.72. The van der Waals surface area contributed by atoms with E-state index in [9.17, 15) is 4.79 Å². The van der Waals surface area contributed by atoms with Crippen molar-refractivity contribution >= 4 is 17.5 Å². The molecule has 0 aliphatic heterocycles. The number of hydrogen-bond acceptors (Lipinski definition) is 5. The lowest BCUT2D eigenvalue weighted by Gasteiger charge is -2.11. The minimum atomic E-state index is 0.221. The lowest BCUT2D eigenvalue weighted by molar-refractivity contribution is -0.117. The van der Waals surface area contributed by atoms with Crippen LogP contribution in [-0.4, -0.2) is 32.9 Å². The van der Waals surface area contributed by atoms with Crippen molar-refractivity contribution in [3.8, 4) is 11.4 Å². The summed E-state index contributed by atoms with van der Waals surface area (Å²) in [6.07, 6.45) is 2.14. The van der Waals surface area contributed by atoms with Crippen molar-refractivity contribution < 1.29 is 9.53 Å². The van der Waals surface area contributed by atoms with Gasteiger partial charge in [0.25, 0.3) is 0 Å². The normalized spacial score (nSPS) is 10.8. The molecule has 2 aromatic carbocycles. The highest BCUT2D eigenvalue weighted by Crippen LogP contribution is 2.25. The fraction of sp³-hybridized carbons (Fsp3) is 0.318. The van der Waals surface area contributed by atoms with Crippen LogP contribution < -0.4 is 4.74 Å². The SMILES string of the molecule is CCOc1ccc(-n2c(Cc3ccccc3)nnc2SCCCC(C)=O)cc1. The monoisotopic (exact) mass is 395 g/mol. The molecule has 0 fully saturated rings. The molecular formula is C22H25N3O2S. The molecule has 3 aromatic rings. The van der Waals surface area contributed by atoms with Gasteiger partial charge < -0.3 is 9.53 Å². The summed E-state index contributed by atoms with van der Waals surface area (Å²) in [7, 11) is 0. The Morgan fingerprint density at radius 3 is 2.50 bits per heavy atom. The molecule has 28 heavy (non-hydrogen) atoms. The Balaban J connectivity index is 1.86. The van der Waals surface area contributed by atoms with E-state index in [1.54, 1.807) is 18.7 Å². The second-order valence-corrected chi connectivity index (χ2v) is 7.54. The molecule has 0 radical (unpaired) electrons. The van der Waals surface area contributed by atoms with Gasteiger partial charge in [0.15, 0.2) is 5.16 Å². The van der Waals surface area contributed by atoms with Gasteiger partial charge in [-0.2, -0.15) is 0 Å². The molecule has 146 valence electrons. The zero-order valence-corrected chi connectivity index (χ0v) is 17.1. The van der Waals surface area contributed by atoms with Crippen LogP contribution >= 0.6 is 11.8 Å². The third kappa shape index (κ3) is 5.45. The fourth-order valence-electron chi connectivity index (χ4n) is 2.89. The van der Waals surface area contributed by atoms with E-state index in [-0.39, 0.29) is 5.78 Å². The minimum absolute atomic E-state index is 0.221. The number of carbonyl (C=O) groups excluding carboxylic acids is 1. The average molecular weight is 396 g/mol. The first-order valence-electron chi connectivity index (χ1n) is 9.51. The summed E-state index contributed by atoms with van der Waals surface area (Å²) in [6, 6.07) is 18.3. The molecule has 0 amide bonds. The van der Waals surface area contributed by atoms with Crippen LogP contribution in [0.25, 0.3) is 5.69 Å². The maximum atomic E-state index is 11.2. The van der Waals surface area contributed by atoms with Crippen LogP contribution in [0.2, 0.25) is 0 Å². The number of carbonyl (C=O) groups is 1. The largest absolute Gasteiger partial charge is 0.494 e. The molecule has 0 spiro atoms. The first kappa shape index (κ1) is 20.1. The van der Waals surface area contributed by atoms with E-state index in [0.717, 1.165) is 34.6 Å².